The van der Waals surface area contributed by atoms with Gasteiger partial charge in [0.1, 0.15) is 11.5 Å². The molecule has 25 heavy (non-hydrogen) atoms. The predicted octanol–water partition coefficient (Wildman–Crippen LogP) is 3.29. The fraction of sp³-hybridized carbons (Fsp3) is 0.350. The second kappa shape index (κ2) is 8.03. The zero-order chi connectivity index (χ0) is 17.6. The first-order valence-electron chi connectivity index (χ1n) is 8.69. The minimum Gasteiger partial charge on any atom is -0.494 e. The molecule has 0 aliphatic carbocycles. The van der Waals surface area contributed by atoms with Gasteiger partial charge in [-0.1, -0.05) is 31.2 Å². The standard InChI is InChI=1S/C20H24N2O3/c1-2-17(21)15-9-10-19-18(13-15)22(20(23)14-25-19)11-6-12-24-16-7-4-3-5-8-16/h3-5,7-10,13,17H,2,6,11-12,14,21H2,1H3. The molecule has 0 saturated heterocycles. The van der Waals surface area contributed by atoms with Crippen molar-refractivity contribution in [2.45, 2.75) is 25.8 Å². The highest BCUT2D eigenvalue weighted by molar-refractivity contribution is 5.97. The molecule has 2 aromatic rings. The van der Waals surface area contributed by atoms with Gasteiger partial charge in [0.05, 0.1) is 12.3 Å². The number of rotatable bonds is 7. The number of hydrogen-bond acceptors (Lipinski definition) is 4. The van der Waals surface area contributed by atoms with E-state index in [4.69, 9.17) is 15.2 Å². The van der Waals surface area contributed by atoms with Crippen molar-refractivity contribution in [3.63, 3.8) is 0 Å². The molecule has 1 amide bonds. The van der Waals surface area contributed by atoms with Crippen molar-refractivity contribution in [1.82, 2.24) is 0 Å². The number of carbonyl (C=O) groups is 1. The molecule has 0 bridgehead atoms. The number of para-hydroxylation sites is 1. The van der Waals surface area contributed by atoms with Crippen LogP contribution in [0.5, 0.6) is 11.5 Å². The Hall–Kier alpha value is -2.53. The first-order chi connectivity index (χ1) is 12.2. The lowest BCUT2D eigenvalue weighted by molar-refractivity contribution is -0.121. The van der Waals surface area contributed by atoms with Gasteiger partial charge >= 0.3 is 0 Å². The van der Waals surface area contributed by atoms with Gasteiger partial charge in [0, 0.05) is 12.6 Å². The predicted molar refractivity (Wildman–Crippen MR) is 98.1 cm³/mol. The number of amides is 1. The second-order valence-electron chi connectivity index (χ2n) is 6.09. The lowest BCUT2D eigenvalue weighted by Gasteiger charge is -2.30. The molecule has 0 saturated carbocycles. The van der Waals surface area contributed by atoms with Crippen LogP contribution in [-0.2, 0) is 4.79 Å². The Morgan fingerprint density at radius 3 is 2.80 bits per heavy atom. The summed E-state index contributed by atoms with van der Waals surface area (Å²) in [5, 5.41) is 0. The van der Waals surface area contributed by atoms with E-state index in [2.05, 4.69) is 0 Å². The van der Waals surface area contributed by atoms with Crippen molar-refractivity contribution in [2.75, 3.05) is 24.7 Å². The zero-order valence-electron chi connectivity index (χ0n) is 14.5. The van der Waals surface area contributed by atoms with Gasteiger partial charge in [-0.2, -0.15) is 0 Å². The smallest absolute Gasteiger partial charge is 0.265 e. The maximum absolute atomic E-state index is 12.3. The Balaban J connectivity index is 1.66. The summed E-state index contributed by atoms with van der Waals surface area (Å²) in [6.45, 7) is 3.27. The molecule has 0 fully saturated rings. The van der Waals surface area contributed by atoms with E-state index in [1.807, 2.05) is 55.5 Å². The summed E-state index contributed by atoms with van der Waals surface area (Å²) in [7, 11) is 0. The van der Waals surface area contributed by atoms with Crippen LogP contribution in [-0.4, -0.2) is 25.7 Å². The fourth-order valence-electron chi connectivity index (χ4n) is 2.86. The maximum Gasteiger partial charge on any atom is 0.265 e. The third-order valence-corrected chi connectivity index (χ3v) is 4.33. The third-order valence-electron chi connectivity index (χ3n) is 4.33. The van der Waals surface area contributed by atoms with Crippen molar-refractivity contribution < 1.29 is 14.3 Å². The largest absolute Gasteiger partial charge is 0.494 e. The monoisotopic (exact) mass is 340 g/mol. The molecule has 2 N–H and O–H groups in total. The van der Waals surface area contributed by atoms with E-state index >= 15 is 0 Å². The van der Waals surface area contributed by atoms with Crippen LogP contribution >= 0.6 is 0 Å². The van der Waals surface area contributed by atoms with Crippen LogP contribution in [0.4, 0.5) is 5.69 Å². The van der Waals surface area contributed by atoms with Gasteiger partial charge < -0.3 is 20.1 Å². The second-order valence-corrected chi connectivity index (χ2v) is 6.09. The number of carbonyl (C=O) groups excluding carboxylic acids is 1. The lowest BCUT2D eigenvalue weighted by atomic mass is 10.0. The third kappa shape index (κ3) is 4.12. The Labute approximate surface area is 148 Å². The minimum absolute atomic E-state index is 0.0329. The number of fused-ring (bicyclic) bond motifs is 1. The summed E-state index contributed by atoms with van der Waals surface area (Å²) >= 11 is 0. The van der Waals surface area contributed by atoms with Gasteiger partial charge in [-0.15, -0.1) is 0 Å². The average molecular weight is 340 g/mol. The first-order valence-corrected chi connectivity index (χ1v) is 8.69. The number of nitrogens with two attached hydrogens (primary N) is 1. The van der Waals surface area contributed by atoms with Gasteiger partial charge in [-0.3, -0.25) is 4.79 Å². The molecule has 0 aromatic heterocycles. The summed E-state index contributed by atoms with van der Waals surface area (Å²) in [5.74, 6) is 1.54. The molecule has 0 radical (unpaired) electrons. The van der Waals surface area contributed by atoms with Crippen LogP contribution in [0.1, 0.15) is 31.4 Å². The van der Waals surface area contributed by atoms with Crippen molar-refractivity contribution in [3.8, 4) is 11.5 Å². The molecule has 2 aromatic carbocycles. The van der Waals surface area contributed by atoms with Crippen LogP contribution in [0.3, 0.4) is 0 Å². The van der Waals surface area contributed by atoms with Crippen LogP contribution in [0.25, 0.3) is 0 Å². The van der Waals surface area contributed by atoms with Crippen LogP contribution in [0.15, 0.2) is 48.5 Å². The van der Waals surface area contributed by atoms with Gasteiger partial charge in [-0.25, -0.2) is 0 Å². The van der Waals surface area contributed by atoms with Crippen LogP contribution < -0.4 is 20.1 Å². The summed E-state index contributed by atoms with van der Waals surface area (Å²) in [5.41, 5.74) is 7.95. The van der Waals surface area contributed by atoms with Crippen molar-refractivity contribution >= 4 is 11.6 Å². The van der Waals surface area contributed by atoms with Gasteiger partial charge in [0.2, 0.25) is 0 Å². The normalized spacial score (nSPS) is 14.6. The quantitative estimate of drug-likeness (QED) is 0.786. The molecule has 1 unspecified atom stereocenters. The molecule has 0 spiro atoms. The fourth-order valence-corrected chi connectivity index (χ4v) is 2.86. The topological polar surface area (TPSA) is 64.8 Å². The van der Waals surface area contributed by atoms with Crippen LogP contribution in [0, 0.1) is 0 Å². The van der Waals surface area contributed by atoms with Gasteiger partial charge in [0.25, 0.3) is 5.91 Å². The summed E-state index contributed by atoms with van der Waals surface area (Å²) in [6.07, 6.45) is 1.59. The summed E-state index contributed by atoms with van der Waals surface area (Å²) in [6, 6.07) is 15.5. The molecular weight excluding hydrogens is 316 g/mol. The SMILES string of the molecule is CCC(N)c1ccc2c(c1)N(CCCOc1ccccc1)C(=O)CO2. The highest BCUT2D eigenvalue weighted by atomic mass is 16.5. The minimum atomic E-state index is -0.0365. The van der Waals surface area contributed by atoms with E-state index in [-0.39, 0.29) is 18.6 Å². The van der Waals surface area contributed by atoms with E-state index in [0.717, 1.165) is 35.6 Å². The molecular formula is C20H24N2O3. The van der Waals surface area contributed by atoms with E-state index < -0.39 is 0 Å². The lowest BCUT2D eigenvalue weighted by Crippen LogP contribution is -2.40. The zero-order valence-corrected chi connectivity index (χ0v) is 14.5. The molecule has 3 rings (SSSR count). The number of benzene rings is 2. The van der Waals surface area contributed by atoms with Gasteiger partial charge in [-0.05, 0) is 42.7 Å². The highest BCUT2D eigenvalue weighted by Gasteiger charge is 2.25. The molecule has 1 aliphatic heterocycles. The van der Waals surface area contributed by atoms with Crippen molar-refractivity contribution in [2.24, 2.45) is 5.73 Å². The number of nitrogens with zero attached hydrogens (tertiary/aromatic N) is 1. The molecule has 1 atom stereocenters. The maximum atomic E-state index is 12.3. The Morgan fingerprint density at radius 1 is 1.24 bits per heavy atom. The summed E-state index contributed by atoms with van der Waals surface area (Å²) in [4.78, 5) is 14.1. The molecule has 132 valence electrons. The average Bonchev–Trinajstić information content (AvgIpc) is 2.66. The van der Waals surface area contributed by atoms with Crippen molar-refractivity contribution in [1.29, 1.82) is 0 Å². The number of hydrogen-bond donors (Lipinski definition) is 1. The Morgan fingerprint density at radius 2 is 2.04 bits per heavy atom. The van der Waals surface area contributed by atoms with E-state index in [0.29, 0.717) is 13.2 Å². The Kier molecular flexibility index (Phi) is 5.56. The molecule has 5 nitrogen and oxygen atoms in total. The number of ether oxygens (including phenoxy) is 2. The first kappa shape index (κ1) is 17.3. The van der Waals surface area contributed by atoms with E-state index in [1.54, 1.807) is 4.90 Å². The number of anilines is 1. The van der Waals surface area contributed by atoms with E-state index in [1.165, 1.54) is 0 Å². The summed E-state index contributed by atoms with van der Waals surface area (Å²) < 4.78 is 11.3. The molecule has 5 heteroatoms. The Bertz CT molecular complexity index is 718. The van der Waals surface area contributed by atoms with Crippen molar-refractivity contribution in [3.05, 3.63) is 54.1 Å². The molecule has 1 heterocycles. The molecule has 1 aliphatic rings. The van der Waals surface area contributed by atoms with Crippen LogP contribution in [0.2, 0.25) is 0 Å². The van der Waals surface area contributed by atoms with Gasteiger partial charge in [0.15, 0.2) is 6.61 Å². The van der Waals surface area contributed by atoms with E-state index in [9.17, 15) is 4.79 Å². The highest BCUT2D eigenvalue weighted by Crippen LogP contribution is 2.34.